The highest BCUT2D eigenvalue weighted by Gasteiger charge is 2.15. The van der Waals surface area contributed by atoms with Gasteiger partial charge in [0, 0.05) is 43.4 Å². The Morgan fingerprint density at radius 2 is 2.07 bits per heavy atom. The molecule has 0 aromatic carbocycles. The van der Waals surface area contributed by atoms with Crippen molar-refractivity contribution in [1.29, 1.82) is 0 Å². The van der Waals surface area contributed by atoms with Crippen molar-refractivity contribution in [2.24, 2.45) is 16.5 Å². The zero-order chi connectivity index (χ0) is 21.5. The van der Waals surface area contributed by atoms with E-state index < -0.39 is 0 Å². The van der Waals surface area contributed by atoms with Crippen LogP contribution in [-0.2, 0) is 4.74 Å². The van der Waals surface area contributed by atoms with Crippen LogP contribution in [0, 0.1) is 0 Å². The molecule has 0 fully saturated rings. The van der Waals surface area contributed by atoms with Crippen LogP contribution >= 0.6 is 0 Å². The SMILES string of the molecule is CCC(CC)n1cc(-c2nc(C(C=NCC(CN)OC)=CN)cn3nccc23)cn1. The third-order valence-electron chi connectivity index (χ3n) is 5.19. The van der Waals surface area contributed by atoms with E-state index in [1.807, 2.05) is 29.3 Å². The maximum Gasteiger partial charge on any atom is 0.0999 e. The molecule has 3 aromatic rings. The Bertz CT molecular complexity index is 1010. The lowest BCUT2D eigenvalue weighted by Gasteiger charge is -2.12. The Kier molecular flexibility index (Phi) is 7.31. The summed E-state index contributed by atoms with van der Waals surface area (Å²) in [7, 11) is 1.62. The van der Waals surface area contributed by atoms with E-state index in [1.165, 1.54) is 6.20 Å². The highest BCUT2D eigenvalue weighted by molar-refractivity contribution is 6.09. The van der Waals surface area contributed by atoms with Crippen LogP contribution in [0.2, 0.25) is 0 Å². The van der Waals surface area contributed by atoms with E-state index >= 15 is 0 Å². The molecule has 1 unspecified atom stereocenters. The van der Waals surface area contributed by atoms with Crippen molar-refractivity contribution in [1.82, 2.24) is 24.4 Å². The van der Waals surface area contributed by atoms with Crippen LogP contribution in [0.5, 0.6) is 0 Å². The van der Waals surface area contributed by atoms with Gasteiger partial charge in [-0.2, -0.15) is 10.2 Å². The van der Waals surface area contributed by atoms with E-state index in [-0.39, 0.29) is 6.10 Å². The van der Waals surface area contributed by atoms with Crippen LogP contribution in [-0.4, -0.2) is 56.9 Å². The Balaban J connectivity index is 1.97. The topological polar surface area (TPSA) is 122 Å². The van der Waals surface area contributed by atoms with Crippen LogP contribution in [0.4, 0.5) is 0 Å². The molecule has 3 rings (SSSR count). The first-order valence-electron chi connectivity index (χ1n) is 10.2. The number of aromatic nitrogens is 5. The minimum Gasteiger partial charge on any atom is -0.404 e. The number of rotatable bonds is 10. The van der Waals surface area contributed by atoms with E-state index in [0.29, 0.717) is 30.4 Å². The quantitative estimate of drug-likeness (QED) is 0.495. The van der Waals surface area contributed by atoms with E-state index in [2.05, 4.69) is 29.0 Å². The van der Waals surface area contributed by atoms with Crippen LogP contribution in [0.1, 0.15) is 38.4 Å². The molecule has 0 radical (unpaired) electrons. The molecule has 160 valence electrons. The van der Waals surface area contributed by atoms with Gasteiger partial charge in [0.05, 0.1) is 54.2 Å². The summed E-state index contributed by atoms with van der Waals surface area (Å²) in [5, 5.41) is 8.96. The van der Waals surface area contributed by atoms with E-state index in [1.54, 1.807) is 24.0 Å². The van der Waals surface area contributed by atoms with Gasteiger partial charge in [-0.15, -0.1) is 0 Å². The number of aliphatic imine (C=N–C) groups is 1. The zero-order valence-corrected chi connectivity index (χ0v) is 17.8. The van der Waals surface area contributed by atoms with Crippen molar-refractivity contribution < 1.29 is 4.74 Å². The normalized spacial score (nSPS) is 13.7. The summed E-state index contributed by atoms with van der Waals surface area (Å²) in [5.74, 6) is 0. The molecule has 4 N–H and O–H groups in total. The second-order valence-corrected chi connectivity index (χ2v) is 7.02. The second kappa shape index (κ2) is 10.1. The molecule has 0 amide bonds. The Morgan fingerprint density at radius 3 is 2.73 bits per heavy atom. The molecule has 0 spiro atoms. The molecule has 0 bridgehead atoms. The van der Waals surface area contributed by atoms with Gasteiger partial charge in [0.25, 0.3) is 0 Å². The zero-order valence-electron chi connectivity index (χ0n) is 17.8. The smallest absolute Gasteiger partial charge is 0.0999 e. The van der Waals surface area contributed by atoms with Crippen LogP contribution < -0.4 is 11.5 Å². The van der Waals surface area contributed by atoms with Crippen LogP contribution in [0.25, 0.3) is 22.3 Å². The molecule has 30 heavy (non-hydrogen) atoms. The molecule has 9 nitrogen and oxygen atoms in total. The van der Waals surface area contributed by atoms with Gasteiger partial charge >= 0.3 is 0 Å². The molecule has 0 aliphatic carbocycles. The first-order chi connectivity index (χ1) is 14.6. The molecule has 3 heterocycles. The predicted octanol–water partition coefficient (Wildman–Crippen LogP) is 2.30. The number of allylic oxidation sites excluding steroid dienone is 1. The minimum absolute atomic E-state index is 0.131. The fraction of sp³-hybridized carbons (Fsp3) is 0.429. The lowest BCUT2D eigenvalue weighted by molar-refractivity contribution is 0.117. The summed E-state index contributed by atoms with van der Waals surface area (Å²) in [5.41, 5.74) is 15.5. The monoisotopic (exact) mass is 410 g/mol. The molecule has 0 saturated heterocycles. The third kappa shape index (κ3) is 4.58. The van der Waals surface area contributed by atoms with Gasteiger partial charge in [0.2, 0.25) is 0 Å². The standard InChI is InChI=1S/C21H30N8O/c1-4-17(5-2)28-13-16(11-26-28)21-20-6-7-25-29(20)14-19(27-21)15(8-22)10-24-12-18(9-23)30-3/h6-8,10-11,13-14,17-18H,4-5,9,12,22-23H2,1-3H3. The largest absolute Gasteiger partial charge is 0.404 e. The number of nitrogens with two attached hydrogens (primary N) is 2. The maximum atomic E-state index is 5.88. The number of methoxy groups -OCH3 is 1. The Labute approximate surface area is 176 Å². The molecule has 0 aliphatic rings. The summed E-state index contributed by atoms with van der Waals surface area (Å²) in [4.78, 5) is 9.28. The third-order valence-corrected chi connectivity index (χ3v) is 5.19. The van der Waals surface area contributed by atoms with Crippen molar-refractivity contribution in [2.45, 2.75) is 38.8 Å². The average Bonchev–Trinajstić information content (AvgIpc) is 3.44. The van der Waals surface area contributed by atoms with E-state index in [0.717, 1.165) is 29.6 Å². The average molecular weight is 411 g/mol. The highest BCUT2D eigenvalue weighted by Crippen LogP contribution is 2.26. The fourth-order valence-electron chi connectivity index (χ4n) is 3.31. The van der Waals surface area contributed by atoms with Gasteiger partial charge in [-0.3, -0.25) is 9.67 Å². The summed E-state index contributed by atoms with van der Waals surface area (Å²) in [6.07, 6.45) is 12.6. The van der Waals surface area contributed by atoms with E-state index in [9.17, 15) is 0 Å². The second-order valence-electron chi connectivity index (χ2n) is 7.02. The number of fused-ring (bicyclic) bond motifs is 1. The molecule has 0 aliphatic heterocycles. The number of nitrogens with zero attached hydrogens (tertiary/aromatic N) is 6. The number of hydrogen-bond acceptors (Lipinski definition) is 7. The first-order valence-corrected chi connectivity index (χ1v) is 10.2. The van der Waals surface area contributed by atoms with Gasteiger partial charge < -0.3 is 16.2 Å². The maximum absolute atomic E-state index is 5.88. The lowest BCUT2D eigenvalue weighted by atomic mass is 10.1. The number of hydrogen-bond donors (Lipinski definition) is 2. The summed E-state index contributed by atoms with van der Waals surface area (Å²) < 4.78 is 9.06. The molecule has 3 aromatic heterocycles. The molecule has 9 heteroatoms. The molecule has 0 saturated carbocycles. The Hall–Kier alpha value is -3.04. The molecule has 1 atom stereocenters. The lowest BCUT2D eigenvalue weighted by Crippen LogP contribution is -2.25. The van der Waals surface area contributed by atoms with Gasteiger partial charge in [0.1, 0.15) is 0 Å². The van der Waals surface area contributed by atoms with Gasteiger partial charge in [0.15, 0.2) is 0 Å². The fourth-order valence-corrected chi connectivity index (χ4v) is 3.31. The van der Waals surface area contributed by atoms with Crippen molar-refractivity contribution in [3.63, 3.8) is 0 Å². The summed E-state index contributed by atoms with van der Waals surface area (Å²) in [6.45, 7) is 5.18. The molecular formula is C21H30N8O. The summed E-state index contributed by atoms with van der Waals surface area (Å²) >= 11 is 0. The van der Waals surface area contributed by atoms with Gasteiger partial charge in [-0.1, -0.05) is 13.8 Å². The Morgan fingerprint density at radius 1 is 1.27 bits per heavy atom. The number of ether oxygens (including phenoxy) is 1. The highest BCUT2D eigenvalue weighted by atomic mass is 16.5. The summed E-state index contributed by atoms with van der Waals surface area (Å²) in [6, 6.07) is 2.30. The molecular weight excluding hydrogens is 380 g/mol. The van der Waals surface area contributed by atoms with Crippen molar-refractivity contribution in [3.8, 4) is 11.3 Å². The van der Waals surface area contributed by atoms with E-state index in [4.69, 9.17) is 21.2 Å². The van der Waals surface area contributed by atoms with Crippen molar-refractivity contribution in [2.75, 3.05) is 20.2 Å². The van der Waals surface area contributed by atoms with Gasteiger partial charge in [-0.05, 0) is 18.9 Å². The predicted molar refractivity (Wildman–Crippen MR) is 119 cm³/mol. The van der Waals surface area contributed by atoms with Crippen molar-refractivity contribution in [3.05, 3.63) is 42.7 Å². The minimum atomic E-state index is -0.131. The van der Waals surface area contributed by atoms with Gasteiger partial charge in [-0.25, -0.2) is 9.50 Å². The first kappa shape index (κ1) is 21.7. The van der Waals surface area contributed by atoms with Crippen LogP contribution in [0.15, 0.2) is 42.0 Å². The van der Waals surface area contributed by atoms with Crippen LogP contribution in [0.3, 0.4) is 0 Å². The van der Waals surface area contributed by atoms with Crippen molar-refractivity contribution >= 4 is 17.3 Å².